The lowest BCUT2D eigenvalue weighted by molar-refractivity contribution is 0.0499. The van der Waals surface area contributed by atoms with Crippen molar-refractivity contribution in [2.45, 2.75) is 33.3 Å². The Hall–Kier alpha value is -1.37. The predicted molar refractivity (Wildman–Crippen MR) is 69.1 cm³/mol. The molecule has 3 heteroatoms. The second kappa shape index (κ2) is 4.72. The van der Waals surface area contributed by atoms with Gasteiger partial charge in [0, 0.05) is 6.61 Å². The fraction of sp³-hybridized carbons (Fsp3) is 0.533. The van der Waals surface area contributed by atoms with Crippen LogP contribution in [-0.2, 0) is 4.74 Å². The molecule has 0 spiro atoms. The first-order chi connectivity index (χ1) is 8.50. The van der Waals surface area contributed by atoms with Crippen LogP contribution < -0.4 is 0 Å². The zero-order chi connectivity index (χ0) is 13.3. The van der Waals surface area contributed by atoms with Crippen LogP contribution in [0.2, 0.25) is 0 Å². The SMILES string of the molecule is Cc1cc(C)c(C(O)C2(C#N)CCOC2)cc1C. The first kappa shape index (κ1) is 13.1. The molecule has 3 nitrogen and oxygen atoms in total. The number of nitrogens with zero attached hydrogens (tertiary/aromatic N) is 1. The fourth-order valence-electron chi connectivity index (χ4n) is 2.52. The van der Waals surface area contributed by atoms with E-state index in [4.69, 9.17) is 4.74 Å². The van der Waals surface area contributed by atoms with Gasteiger partial charge in [0.2, 0.25) is 0 Å². The van der Waals surface area contributed by atoms with Crippen molar-refractivity contribution in [2.75, 3.05) is 13.2 Å². The molecule has 1 aromatic carbocycles. The van der Waals surface area contributed by atoms with Crippen LogP contribution in [0.5, 0.6) is 0 Å². The molecule has 0 bridgehead atoms. The van der Waals surface area contributed by atoms with E-state index in [1.807, 2.05) is 19.9 Å². The number of nitriles is 1. The summed E-state index contributed by atoms with van der Waals surface area (Å²) in [4.78, 5) is 0. The summed E-state index contributed by atoms with van der Waals surface area (Å²) in [5.41, 5.74) is 3.45. The monoisotopic (exact) mass is 245 g/mol. The summed E-state index contributed by atoms with van der Waals surface area (Å²) in [5.74, 6) is 0. The van der Waals surface area contributed by atoms with E-state index < -0.39 is 11.5 Å². The Morgan fingerprint density at radius 3 is 2.50 bits per heavy atom. The maximum absolute atomic E-state index is 10.6. The Kier molecular flexibility index (Phi) is 3.43. The topological polar surface area (TPSA) is 53.2 Å². The third-order valence-corrected chi connectivity index (χ3v) is 3.98. The van der Waals surface area contributed by atoms with Crippen molar-refractivity contribution < 1.29 is 9.84 Å². The lowest BCUT2D eigenvalue weighted by Gasteiger charge is -2.27. The van der Waals surface area contributed by atoms with Crippen LogP contribution in [0.15, 0.2) is 12.1 Å². The van der Waals surface area contributed by atoms with Gasteiger partial charge in [-0.15, -0.1) is 0 Å². The van der Waals surface area contributed by atoms with E-state index in [1.54, 1.807) is 0 Å². The molecule has 0 radical (unpaired) electrons. The average molecular weight is 245 g/mol. The Labute approximate surface area is 108 Å². The Bertz CT molecular complexity index is 496. The average Bonchev–Trinajstić information content (AvgIpc) is 2.83. The van der Waals surface area contributed by atoms with E-state index >= 15 is 0 Å². The summed E-state index contributed by atoms with van der Waals surface area (Å²) < 4.78 is 5.31. The van der Waals surface area contributed by atoms with Gasteiger partial charge in [0.05, 0.1) is 12.7 Å². The van der Waals surface area contributed by atoms with E-state index in [0.717, 1.165) is 16.7 Å². The molecule has 2 rings (SSSR count). The number of benzene rings is 1. The van der Waals surface area contributed by atoms with Crippen molar-refractivity contribution in [1.29, 1.82) is 5.26 Å². The van der Waals surface area contributed by atoms with Gasteiger partial charge >= 0.3 is 0 Å². The van der Waals surface area contributed by atoms with Crippen molar-refractivity contribution >= 4 is 0 Å². The van der Waals surface area contributed by atoms with E-state index in [-0.39, 0.29) is 0 Å². The predicted octanol–water partition coefficient (Wildman–Crippen LogP) is 2.58. The molecule has 96 valence electrons. The summed E-state index contributed by atoms with van der Waals surface area (Å²) in [7, 11) is 0. The van der Waals surface area contributed by atoms with Gasteiger partial charge in [-0.05, 0) is 49.4 Å². The molecule has 1 heterocycles. The Balaban J connectivity index is 2.43. The molecule has 1 saturated heterocycles. The molecule has 0 amide bonds. The number of aryl methyl sites for hydroxylation is 3. The second-order valence-electron chi connectivity index (χ2n) is 5.27. The van der Waals surface area contributed by atoms with Gasteiger partial charge in [-0.3, -0.25) is 0 Å². The van der Waals surface area contributed by atoms with Crippen LogP contribution in [0.25, 0.3) is 0 Å². The van der Waals surface area contributed by atoms with Gasteiger partial charge in [-0.1, -0.05) is 12.1 Å². The highest BCUT2D eigenvalue weighted by Gasteiger charge is 2.43. The quantitative estimate of drug-likeness (QED) is 0.871. The summed E-state index contributed by atoms with van der Waals surface area (Å²) >= 11 is 0. The third-order valence-electron chi connectivity index (χ3n) is 3.98. The zero-order valence-electron chi connectivity index (χ0n) is 11.2. The maximum atomic E-state index is 10.6. The van der Waals surface area contributed by atoms with Crippen LogP contribution in [0.3, 0.4) is 0 Å². The second-order valence-corrected chi connectivity index (χ2v) is 5.27. The van der Waals surface area contributed by atoms with Crippen LogP contribution in [-0.4, -0.2) is 18.3 Å². The molecule has 1 fully saturated rings. The normalized spacial score (nSPS) is 24.8. The number of hydrogen-bond donors (Lipinski definition) is 1. The van der Waals surface area contributed by atoms with Crippen LogP contribution >= 0.6 is 0 Å². The fourth-order valence-corrected chi connectivity index (χ4v) is 2.52. The Morgan fingerprint density at radius 1 is 1.28 bits per heavy atom. The molecule has 1 aliphatic heterocycles. The first-order valence-electron chi connectivity index (χ1n) is 6.25. The summed E-state index contributed by atoms with van der Waals surface area (Å²) in [6.07, 6.45) is -0.180. The van der Waals surface area contributed by atoms with Crippen LogP contribution in [0.1, 0.15) is 34.8 Å². The molecular weight excluding hydrogens is 226 g/mol. The largest absolute Gasteiger partial charge is 0.387 e. The Morgan fingerprint density at radius 2 is 1.94 bits per heavy atom. The van der Waals surface area contributed by atoms with Crippen molar-refractivity contribution in [1.82, 2.24) is 0 Å². The molecule has 0 aliphatic carbocycles. The summed E-state index contributed by atoms with van der Waals surface area (Å²) in [5, 5.41) is 19.9. The highest BCUT2D eigenvalue weighted by molar-refractivity contribution is 5.39. The summed E-state index contributed by atoms with van der Waals surface area (Å²) in [6, 6.07) is 6.32. The number of ether oxygens (including phenoxy) is 1. The molecule has 1 N–H and O–H groups in total. The smallest absolute Gasteiger partial charge is 0.113 e. The van der Waals surface area contributed by atoms with Gasteiger partial charge in [0.25, 0.3) is 0 Å². The molecule has 0 saturated carbocycles. The minimum atomic E-state index is -0.785. The summed E-state index contributed by atoms with van der Waals surface area (Å²) in [6.45, 7) is 6.92. The minimum Gasteiger partial charge on any atom is -0.387 e. The highest BCUT2D eigenvalue weighted by Crippen LogP contribution is 2.41. The molecule has 1 aromatic rings. The van der Waals surface area contributed by atoms with Crippen molar-refractivity contribution in [2.24, 2.45) is 5.41 Å². The molecule has 18 heavy (non-hydrogen) atoms. The van der Waals surface area contributed by atoms with Gasteiger partial charge in [0.1, 0.15) is 11.5 Å². The van der Waals surface area contributed by atoms with Crippen molar-refractivity contribution in [3.8, 4) is 6.07 Å². The van der Waals surface area contributed by atoms with Crippen LogP contribution in [0, 0.1) is 37.5 Å². The van der Waals surface area contributed by atoms with Gasteiger partial charge in [-0.2, -0.15) is 5.26 Å². The van der Waals surface area contributed by atoms with E-state index in [1.165, 1.54) is 5.56 Å². The highest BCUT2D eigenvalue weighted by atomic mass is 16.5. The van der Waals surface area contributed by atoms with Gasteiger partial charge < -0.3 is 9.84 Å². The number of aliphatic hydroxyl groups excluding tert-OH is 1. The number of aliphatic hydroxyl groups is 1. The van der Waals surface area contributed by atoms with E-state index in [9.17, 15) is 10.4 Å². The zero-order valence-corrected chi connectivity index (χ0v) is 11.2. The number of hydrogen-bond acceptors (Lipinski definition) is 3. The van der Waals surface area contributed by atoms with Gasteiger partial charge in [0.15, 0.2) is 0 Å². The van der Waals surface area contributed by atoms with E-state index in [0.29, 0.717) is 19.6 Å². The lowest BCUT2D eigenvalue weighted by Crippen LogP contribution is -2.28. The third kappa shape index (κ3) is 2.03. The maximum Gasteiger partial charge on any atom is 0.113 e. The van der Waals surface area contributed by atoms with Crippen LogP contribution in [0.4, 0.5) is 0 Å². The van der Waals surface area contributed by atoms with Crippen molar-refractivity contribution in [3.05, 3.63) is 34.4 Å². The molecule has 1 aliphatic rings. The number of rotatable bonds is 2. The van der Waals surface area contributed by atoms with Crippen molar-refractivity contribution in [3.63, 3.8) is 0 Å². The molecule has 2 atom stereocenters. The minimum absolute atomic E-state index is 0.316. The molecule has 0 aromatic heterocycles. The lowest BCUT2D eigenvalue weighted by atomic mass is 9.78. The molecule has 2 unspecified atom stereocenters. The van der Waals surface area contributed by atoms with Gasteiger partial charge in [-0.25, -0.2) is 0 Å². The first-order valence-corrected chi connectivity index (χ1v) is 6.25. The molecular formula is C15H19NO2. The standard InChI is InChI=1S/C15H19NO2/c1-10-6-12(3)13(7-11(10)2)14(17)15(8-16)4-5-18-9-15/h6-7,14,17H,4-5,9H2,1-3H3. The van der Waals surface area contributed by atoms with E-state index in [2.05, 4.69) is 19.1 Å².